The zero-order valence-corrected chi connectivity index (χ0v) is 12.0. The molecule has 4 nitrogen and oxygen atoms in total. The van der Waals surface area contributed by atoms with Gasteiger partial charge in [0.2, 0.25) is 5.91 Å². The van der Waals surface area contributed by atoms with E-state index in [1.165, 1.54) is 0 Å². The molecule has 1 aliphatic rings. The number of rotatable bonds is 6. The Morgan fingerprint density at radius 3 is 2.78 bits per heavy atom. The zero-order valence-electron chi connectivity index (χ0n) is 11.2. The number of unbranched alkanes of at least 4 members (excludes halogenated alkanes) is 1. The Kier molecular flexibility index (Phi) is 6.54. The third-order valence-electron chi connectivity index (χ3n) is 3.28. The van der Waals surface area contributed by atoms with Crippen molar-refractivity contribution in [2.45, 2.75) is 57.2 Å². The number of piperidine rings is 1. The summed E-state index contributed by atoms with van der Waals surface area (Å²) in [5.74, 6) is 0.0895. The largest absolute Gasteiger partial charge is 0.480 e. The Morgan fingerprint density at radius 2 is 2.17 bits per heavy atom. The molecule has 1 saturated heterocycles. The van der Waals surface area contributed by atoms with E-state index in [1.807, 2.05) is 6.92 Å². The van der Waals surface area contributed by atoms with E-state index in [0.29, 0.717) is 13.0 Å². The molecule has 1 aliphatic heterocycles. The van der Waals surface area contributed by atoms with Crippen molar-refractivity contribution < 1.29 is 14.7 Å². The lowest BCUT2D eigenvalue weighted by atomic mass is 10.0. The van der Waals surface area contributed by atoms with E-state index in [9.17, 15) is 9.59 Å². The van der Waals surface area contributed by atoms with Gasteiger partial charge in [-0.2, -0.15) is 0 Å². The van der Waals surface area contributed by atoms with Crippen molar-refractivity contribution in [1.29, 1.82) is 0 Å². The van der Waals surface area contributed by atoms with E-state index in [4.69, 9.17) is 5.11 Å². The highest BCUT2D eigenvalue weighted by Gasteiger charge is 2.33. The van der Waals surface area contributed by atoms with E-state index in [1.54, 1.807) is 16.7 Å². The molecule has 0 radical (unpaired) electrons. The minimum absolute atomic E-state index is 0.0109. The van der Waals surface area contributed by atoms with Gasteiger partial charge >= 0.3 is 5.97 Å². The molecular formula is C13H23NO3S. The third-order valence-corrected chi connectivity index (χ3v) is 4.51. The first-order valence-electron chi connectivity index (χ1n) is 6.72. The van der Waals surface area contributed by atoms with E-state index in [2.05, 4.69) is 6.92 Å². The Labute approximate surface area is 113 Å². The smallest absolute Gasteiger partial charge is 0.326 e. The number of thioether (sulfide) groups is 1. The molecule has 18 heavy (non-hydrogen) atoms. The van der Waals surface area contributed by atoms with Crippen LogP contribution in [0.4, 0.5) is 0 Å². The fourth-order valence-electron chi connectivity index (χ4n) is 2.16. The molecule has 0 aliphatic carbocycles. The summed E-state index contributed by atoms with van der Waals surface area (Å²) in [6.45, 7) is 4.60. The first kappa shape index (κ1) is 15.3. The minimum atomic E-state index is -0.867. The molecule has 1 heterocycles. The van der Waals surface area contributed by atoms with Gasteiger partial charge in [0, 0.05) is 6.54 Å². The Hall–Kier alpha value is -0.710. The first-order chi connectivity index (χ1) is 8.57. The van der Waals surface area contributed by atoms with Crippen LogP contribution in [0.5, 0.6) is 0 Å². The second kappa shape index (κ2) is 7.67. The number of carbonyl (C=O) groups is 2. The Balaban J connectivity index is 2.54. The van der Waals surface area contributed by atoms with Crippen molar-refractivity contribution in [3.05, 3.63) is 0 Å². The van der Waals surface area contributed by atoms with Gasteiger partial charge in [0.15, 0.2) is 0 Å². The molecule has 1 rings (SSSR count). The van der Waals surface area contributed by atoms with E-state index in [0.717, 1.165) is 31.4 Å². The summed E-state index contributed by atoms with van der Waals surface area (Å²) in [4.78, 5) is 25.0. The van der Waals surface area contributed by atoms with Crippen LogP contribution in [-0.2, 0) is 9.59 Å². The van der Waals surface area contributed by atoms with Crippen LogP contribution in [0.3, 0.4) is 0 Å². The number of carboxylic acids is 1. The van der Waals surface area contributed by atoms with Crippen molar-refractivity contribution in [1.82, 2.24) is 4.90 Å². The lowest BCUT2D eigenvalue weighted by Crippen LogP contribution is -2.50. The maximum Gasteiger partial charge on any atom is 0.326 e. The molecular weight excluding hydrogens is 250 g/mol. The Bertz CT molecular complexity index is 296. The summed E-state index contributed by atoms with van der Waals surface area (Å²) < 4.78 is 0. The van der Waals surface area contributed by atoms with Crippen LogP contribution in [0, 0.1) is 0 Å². The van der Waals surface area contributed by atoms with Gasteiger partial charge < -0.3 is 10.0 Å². The highest BCUT2D eigenvalue weighted by atomic mass is 32.2. The highest BCUT2D eigenvalue weighted by molar-refractivity contribution is 8.00. The fourth-order valence-corrected chi connectivity index (χ4v) is 3.25. The number of nitrogens with zero attached hydrogens (tertiary/aromatic N) is 1. The number of carbonyl (C=O) groups excluding carboxylic acids is 1. The van der Waals surface area contributed by atoms with Crippen molar-refractivity contribution >= 4 is 23.6 Å². The van der Waals surface area contributed by atoms with Gasteiger partial charge in [0.1, 0.15) is 6.04 Å². The molecule has 1 fully saturated rings. The van der Waals surface area contributed by atoms with Crippen LogP contribution in [0.25, 0.3) is 0 Å². The van der Waals surface area contributed by atoms with Gasteiger partial charge in [-0.3, -0.25) is 4.79 Å². The summed E-state index contributed by atoms with van der Waals surface area (Å²) in [6, 6.07) is -0.611. The fraction of sp³-hybridized carbons (Fsp3) is 0.846. The molecule has 0 aromatic heterocycles. The molecule has 1 unspecified atom stereocenters. The molecule has 5 heteroatoms. The number of likely N-dealkylation sites (tertiary alicyclic amines) is 1. The normalized spacial score (nSPS) is 21.7. The van der Waals surface area contributed by atoms with Gasteiger partial charge in [-0.15, -0.1) is 11.8 Å². The average molecular weight is 273 g/mol. The summed E-state index contributed by atoms with van der Waals surface area (Å²) in [5, 5.41) is 9.02. The van der Waals surface area contributed by atoms with Gasteiger partial charge in [-0.25, -0.2) is 4.79 Å². The van der Waals surface area contributed by atoms with Gasteiger partial charge in [0.25, 0.3) is 0 Å². The highest BCUT2D eigenvalue weighted by Crippen LogP contribution is 2.22. The minimum Gasteiger partial charge on any atom is -0.480 e. The maximum absolute atomic E-state index is 12.2. The molecule has 104 valence electrons. The molecule has 2 atom stereocenters. The van der Waals surface area contributed by atoms with E-state index in [-0.39, 0.29) is 11.2 Å². The lowest BCUT2D eigenvalue weighted by Gasteiger charge is -2.34. The quantitative estimate of drug-likeness (QED) is 0.755. The average Bonchev–Trinajstić information content (AvgIpc) is 2.38. The van der Waals surface area contributed by atoms with Crippen molar-refractivity contribution in [2.24, 2.45) is 0 Å². The predicted octanol–water partition coefficient (Wildman–Crippen LogP) is 2.37. The maximum atomic E-state index is 12.2. The van der Waals surface area contributed by atoms with Crippen LogP contribution in [0.2, 0.25) is 0 Å². The van der Waals surface area contributed by atoms with Crippen LogP contribution in [-0.4, -0.2) is 45.5 Å². The summed E-state index contributed by atoms with van der Waals surface area (Å²) >= 11 is 1.63. The molecule has 0 aromatic carbocycles. The number of aliphatic carboxylic acids is 1. The molecule has 0 aromatic rings. The Morgan fingerprint density at radius 1 is 1.44 bits per heavy atom. The van der Waals surface area contributed by atoms with Crippen molar-refractivity contribution in [2.75, 3.05) is 12.3 Å². The van der Waals surface area contributed by atoms with E-state index >= 15 is 0 Å². The van der Waals surface area contributed by atoms with Gasteiger partial charge in [-0.05, 0) is 38.4 Å². The van der Waals surface area contributed by atoms with Crippen LogP contribution in [0.15, 0.2) is 0 Å². The monoisotopic (exact) mass is 273 g/mol. The third kappa shape index (κ3) is 4.19. The molecule has 0 saturated carbocycles. The number of carboxylic acid groups (broad SMARTS) is 1. The number of amides is 1. The number of hydrogen-bond donors (Lipinski definition) is 1. The molecule has 0 bridgehead atoms. The van der Waals surface area contributed by atoms with Crippen LogP contribution in [0.1, 0.15) is 46.0 Å². The van der Waals surface area contributed by atoms with Crippen LogP contribution < -0.4 is 0 Å². The van der Waals surface area contributed by atoms with Gasteiger partial charge in [-0.1, -0.05) is 13.3 Å². The standard InChI is InChI=1S/C13H23NO3S/c1-3-4-9-18-10(2)12(15)14-8-6-5-7-11(14)13(16)17/h10-11H,3-9H2,1-2H3,(H,16,17)/t10?,11-/m1/s1. The van der Waals surface area contributed by atoms with E-state index < -0.39 is 12.0 Å². The van der Waals surface area contributed by atoms with Crippen molar-refractivity contribution in [3.8, 4) is 0 Å². The zero-order chi connectivity index (χ0) is 13.5. The molecule has 1 amide bonds. The number of hydrogen-bond acceptors (Lipinski definition) is 3. The predicted molar refractivity (Wildman–Crippen MR) is 73.8 cm³/mol. The van der Waals surface area contributed by atoms with Crippen molar-refractivity contribution in [3.63, 3.8) is 0 Å². The molecule has 0 spiro atoms. The summed E-state index contributed by atoms with van der Waals surface area (Å²) in [7, 11) is 0. The summed E-state index contributed by atoms with van der Waals surface area (Å²) in [6.07, 6.45) is 4.63. The topological polar surface area (TPSA) is 57.6 Å². The SMILES string of the molecule is CCCCSC(C)C(=O)N1CCCC[C@@H]1C(=O)O. The van der Waals surface area contributed by atoms with Crippen LogP contribution >= 0.6 is 11.8 Å². The second-order valence-corrected chi connectivity index (χ2v) is 6.20. The summed E-state index contributed by atoms with van der Waals surface area (Å²) in [5.41, 5.74) is 0. The molecule has 1 N–H and O–H groups in total. The van der Waals surface area contributed by atoms with Gasteiger partial charge in [0.05, 0.1) is 5.25 Å². The lowest BCUT2D eigenvalue weighted by molar-refractivity contribution is -0.151. The first-order valence-corrected chi connectivity index (χ1v) is 7.77. The second-order valence-electron chi connectivity index (χ2n) is 4.75.